The maximum absolute atomic E-state index is 0. The zero-order chi connectivity index (χ0) is 0. The molecule has 37 valence electrons. The van der Waals surface area contributed by atoms with Gasteiger partial charge in [-0.05, 0) is 0 Å². The predicted molar refractivity (Wildman–Crippen MR) is 28.1 cm³/mol. The van der Waals surface area contributed by atoms with Crippen LogP contribution in [0.2, 0.25) is 0 Å². The first-order chi connectivity index (χ1) is 0. The van der Waals surface area contributed by atoms with Crippen molar-refractivity contribution in [2.24, 2.45) is 0 Å². The Morgan fingerprint density at radius 2 is 0.667 bits per heavy atom. The first-order valence-electron chi connectivity index (χ1n) is 0. The molecule has 0 bridgehead atoms. The molecule has 0 atom stereocenters. The fourth-order valence-corrected chi connectivity index (χ4v) is 0. The van der Waals surface area contributed by atoms with E-state index in [0.29, 0.717) is 0 Å². The third kappa shape index (κ3) is 31.9. The molecule has 0 unspecified atom stereocenters. The van der Waals surface area contributed by atoms with Gasteiger partial charge in [0, 0.05) is 76.5 Å². The van der Waals surface area contributed by atoms with Gasteiger partial charge in [-0.15, -0.1) is 0 Å². The summed E-state index contributed by atoms with van der Waals surface area (Å²) in [5, 5.41) is 0. The van der Waals surface area contributed by atoms with Gasteiger partial charge < -0.3 is 16.4 Å². The quantitative estimate of drug-likeness (QED) is 0.308. The van der Waals surface area contributed by atoms with Crippen LogP contribution in [-0.2, 0) is 0 Å². The van der Waals surface area contributed by atoms with Gasteiger partial charge in [-0.2, -0.15) is 0 Å². The maximum atomic E-state index is 0. The summed E-state index contributed by atoms with van der Waals surface area (Å²) in [4.78, 5) is 0. The normalized spacial score (nSPS) is 0. The third-order valence-electron chi connectivity index (χ3n) is 0. The first-order valence-corrected chi connectivity index (χ1v) is 0. The number of hydrogen-bond donors (Lipinski definition) is 0. The summed E-state index contributed by atoms with van der Waals surface area (Å²) in [5.41, 5.74) is 0. The van der Waals surface area contributed by atoms with Crippen LogP contribution in [0.3, 0.4) is 0 Å². The van der Waals surface area contributed by atoms with E-state index >= 15 is 0 Å². The largest absolute Gasteiger partial charge is 0.412 e. The first kappa shape index (κ1) is 78.1. The van der Waals surface area contributed by atoms with E-state index in [1.165, 1.54) is 0 Å². The molecule has 0 heterocycles. The molecule has 0 aromatic heterocycles. The Morgan fingerprint density at radius 1 is 0.667 bits per heavy atom. The molecule has 9 radical (unpaired) electrons. The smallest absolute Gasteiger partial charge is 0 e. The molecular weight excluding hydrogens is 494 g/mol. The third-order valence-corrected chi connectivity index (χ3v) is 0. The Bertz CT molecular complexity index is 10.8. The van der Waals surface area contributed by atoms with Crippen LogP contribution in [0.1, 0.15) is 0 Å². The molecule has 0 aliphatic heterocycles. The van der Waals surface area contributed by atoms with E-state index in [1.54, 1.807) is 0 Å². The predicted octanol–water partition coefficient (Wildman–Crippen LogP) is -3.62. The summed E-state index contributed by atoms with van der Waals surface area (Å²) < 4.78 is 0. The zero-order valence-corrected chi connectivity index (χ0v) is 12.3. The monoisotopic (exact) mass is 499 g/mol. The Kier molecular flexibility index (Phi) is 672. The fourth-order valence-electron chi connectivity index (χ4n) is 0. The number of hydrogen-bond acceptors (Lipinski definition) is 0. The molecule has 0 saturated heterocycles. The molecule has 0 aromatic carbocycles. The van der Waals surface area contributed by atoms with E-state index in [9.17, 15) is 0 Å². The van der Waals surface area contributed by atoms with Gasteiger partial charge in [0.05, 0.1) is 0 Å². The van der Waals surface area contributed by atoms with E-state index in [1.807, 2.05) is 0 Å². The molecule has 3 nitrogen and oxygen atoms in total. The minimum atomic E-state index is 0. The summed E-state index contributed by atoms with van der Waals surface area (Å²) in [6.45, 7) is 0. The molecule has 0 saturated carbocycles. The summed E-state index contributed by atoms with van der Waals surface area (Å²) in [6.07, 6.45) is 0. The number of rotatable bonds is 0. The molecule has 0 amide bonds. The standard InChI is InChI=1S/Bi.In.3H2O.Sb/h;;3*1H2;. The van der Waals surface area contributed by atoms with Gasteiger partial charge in [0.2, 0.25) is 0 Å². The minimum Gasteiger partial charge on any atom is -0.412 e. The van der Waals surface area contributed by atoms with Crippen molar-refractivity contribution in [3.8, 4) is 0 Å². The van der Waals surface area contributed by atoms with Crippen LogP contribution in [0.15, 0.2) is 0 Å². The van der Waals surface area contributed by atoms with Crippen molar-refractivity contribution in [3.63, 3.8) is 0 Å². The zero-order valence-electron chi connectivity index (χ0n) is 2.97. The molecule has 0 fully saturated rings. The fraction of sp³-hybridized carbons (Fsp3) is 0. The SMILES string of the molecule is O.O.O.[Bi].[In].[Sb]. The van der Waals surface area contributed by atoms with Crippen LogP contribution in [0.25, 0.3) is 0 Å². The van der Waals surface area contributed by atoms with Crippen LogP contribution in [0.5, 0.6) is 0 Å². The van der Waals surface area contributed by atoms with Crippen LogP contribution in [-0.4, -0.2) is 92.9 Å². The summed E-state index contributed by atoms with van der Waals surface area (Å²) in [7, 11) is 0. The molecule has 6 heteroatoms. The Labute approximate surface area is 91.5 Å². The Hall–Kier alpha value is 2.45. The van der Waals surface area contributed by atoms with E-state index in [0.717, 1.165) is 0 Å². The average Bonchev–Trinajstić information content (AvgIpc) is 0. The van der Waals surface area contributed by atoms with E-state index < -0.39 is 0 Å². The van der Waals surface area contributed by atoms with Crippen molar-refractivity contribution in [2.75, 3.05) is 0 Å². The average molecular weight is 500 g/mol. The van der Waals surface area contributed by atoms with E-state index in [4.69, 9.17) is 0 Å². The summed E-state index contributed by atoms with van der Waals surface area (Å²) >= 11 is 0. The summed E-state index contributed by atoms with van der Waals surface area (Å²) in [6, 6.07) is 0. The van der Waals surface area contributed by atoms with Crippen molar-refractivity contribution in [3.05, 3.63) is 0 Å². The van der Waals surface area contributed by atoms with Gasteiger partial charge in [-0.1, -0.05) is 0 Å². The van der Waals surface area contributed by atoms with Crippen LogP contribution >= 0.6 is 0 Å². The van der Waals surface area contributed by atoms with Gasteiger partial charge in [-0.3, -0.25) is 0 Å². The topological polar surface area (TPSA) is 94.5 Å². The van der Waals surface area contributed by atoms with Gasteiger partial charge in [0.25, 0.3) is 0 Å². The Balaban J connectivity index is 0. The van der Waals surface area contributed by atoms with Gasteiger partial charge >= 0.3 is 0 Å². The molecule has 0 rings (SSSR count). The van der Waals surface area contributed by atoms with E-state index in [2.05, 4.69) is 0 Å². The maximum Gasteiger partial charge on any atom is 0 e. The molecule has 0 spiro atoms. The molecule has 6 heavy (non-hydrogen) atoms. The van der Waals surface area contributed by atoms with Gasteiger partial charge in [-0.25, -0.2) is 0 Å². The minimum absolute atomic E-state index is 0. The molecule has 0 aromatic rings. The molecule has 0 aliphatic rings. The second-order valence-electron chi connectivity index (χ2n) is 0. The molecule has 0 aliphatic carbocycles. The second kappa shape index (κ2) is 51.6. The van der Waals surface area contributed by atoms with E-state index in [-0.39, 0.29) is 92.9 Å². The van der Waals surface area contributed by atoms with Gasteiger partial charge in [0.15, 0.2) is 0 Å². The van der Waals surface area contributed by atoms with Gasteiger partial charge in [0.1, 0.15) is 0 Å². The van der Waals surface area contributed by atoms with Crippen molar-refractivity contribution >= 4 is 76.5 Å². The second-order valence-corrected chi connectivity index (χ2v) is 0. The molecule has 6 N–H and O–H groups in total. The van der Waals surface area contributed by atoms with Crippen molar-refractivity contribution in [1.29, 1.82) is 0 Å². The van der Waals surface area contributed by atoms with Crippen LogP contribution in [0, 0.1) is 0 Å². The molecular formula is H6BiInO3Sb. The van der Waals surface area contributed by atoms with Crippen molar-refractivity contribution < 1.29 is 16.4 Å². The summed E-state index contributed by atoms with van der Waals surface area (Å²) in [5.74, 6) is 0. The van der Waals surface area contributed by atoms with Crippen LogP contribution < -0.4 is 0 Å². The van der Waals surface area contributed by atoms with Crippen molar-refractivity contribution in [2.45, 2.75) is 0 Å². The van der Waals surface area contributed by atoms with Crippen LogP contribution in [0.4, 0.5) is 0 Å². The Morgan fingerprint density at radius 3 is 0.667 bits per heavy atom. The van der Waals surface area contributed by atoms with Crippen molar-refractivity contribution in [1.82, 2.24) is 0 Å².